The lowest BCUT2D eigenvalue weighted by Crippen LogP contribution is -2.38. The molecule has 3 unspecified atom stereocenters. The van der Waals surface area contributed by atoms with Gasteiger partial charge in [-0.3, -0.25) is 0 Å². The summed E-state index contributed by atoms with van der Waals surface area (Å²) in [5.74, 6) is 2.49. The summed E-state index contributed by atoms with van der Waals surface area (Å²) in [5, 5.41) is 0. The van der Waals surface area contributed by atoms with Crippen LogP contribution in [0.3, 0.4) is 0 Å². The van der Waals surface area contributed by atoms with Crippen molar-refractivity contribution in [2.45, 2.75) is 116 Å². The van der Waals surface area contributed by atoms with Gasteiger partial charge < -0.3 is 9.47 Å². The Morgan fingerprint density at radius 3 is 1.52 bits per heavy atom. The molecule has 0 aromatic rings. The first-order valence-electron chi connectivity index (χ1n) is 10.4. The summed E-state index contributed by atoms with van der Waals surface area (Å²) in [6.45, 7) is 7.15. The molecular weight excluding hydrogens is 284 g/mol. The van der Waals surface area contributed by atoms with E-state index in [0.29, 0.717) is 30.3 Å². The third-order valence-corrected chi connectivity index (χ3v) is 6.72. The van der Waals surface area contributed by atoms with E-state index in [0.717, 1.165) is 11.8 Å². The van der Waals surface area contributed by atoms with Crippen LogP contribution in [-0.2, 0) is 9.47 Å². The van der Waals surface area contributed by atoms with Crippen molar-refractivity contribution in [3.63, 3.8) is 0 Å². The molecule has 0 radical (unpaired) electrons. The lowest BCUT2D eigenvalue weighted by molar-refractivity contribution is -0.116. The second kappa shape index (κ2) is 8.34. The standard InChI is InChI=1S/C21H38O2/c1-15-4-8-18(9-5-15)22-20-12-13-21(17(3)14-20)23-19-10-6-16(2)7-11-19/h15-21H,4-14H2,1-3H3. The Kier molecular flexibility index (Phi) is 6.43. The monoisotopic (exact) mass is 322 g/mol. The van der Waals surface area contributed by atoms with Gasteiger partial charge >= 0.3 is 0 Å². The molecule has 134 valence electrons. The molecule has 0 aromatic heterocycles. The maximum atomic E-state index is 6.49. The normalized spacial score (nSPS) is 45.8. The average molecular weight is 323 g/mol. The van der Waals surface area contributed by atoms with Crippen LogP contribution >= 0.6 is 0 Å². The average Bonchev–Trinajstić information content (AvgIpc) is 2.54. The second-order valence-corrected chi connectivity index (χ2v) is 8.99. The van der Waals surface area contributed by atoms with E-state index in [1.165, 1.54) is 70.6 Å². The Hall–Kier alpha value is -0.0800. The highest BCUT2D eigenvalue weighted by Gasteiger charge is 2.33. The second-order valence-electron chi connectivity index (χ2n) is 8.99. The van der Waals surface area contributed by atoms with Crippen LogP contribution < -0.4 is 0 Å². The van der Waals surface area contributed by atoms with Crippen LogP contribution in [0, 0.1) is 17.8 Å². The van der Waals surface area contributed by atoms with Gasteiger partial charge in [0, 0.05) is 0 Å². The summed E-state index contributed by atoms with van der Waals surface area (Å²) in [6.07, 6.45) is 16.3. The first kappa shape index (κ1) is 17.7. The molecule has 2 heteroatoms. The van der Waals surface area contributed by atoms with Crippen molar-refractivity contribution >= 4 is 0 Å². The molecule has 0 aromatic carbocycles. The van der Waals surface area contributed by atoms with Gasteiger partial charge in [0.05, 0.1) is 24.4 Å². The van der Waals surface area contributed by atoms with Gasteiger partial charge in [-0.25, -0.2) is 0 Å². The fourth-order valence-electron chi connectivity index (χ4n) is 4.90. The third kappa shape index (κ3) is 5.19. The molecule has 0 bridgehead atoms. The fourth-order valence-corrected chi connectivity index (χ4v) is 4.90. The van der Waals surface area contributed by atoms with Gasteiger partial charge in [-0.2, -0.15) is 0 Å². The lowest BCUT2D eigenvalue weighted by atomic mass is 9.84. The Morgan fingerprint density at radius 1 is 0.522 bits per heavy atom. The number of ether oxygens (including phenoxy) is 2. The van der Waals surface area contributed by atoms with E-state index in [-0.39, 0.29) is 0 Å². The molecule has 3 aliphatic carbocycles. The SMILES string of the molecule is CC1CCC(OC2CCC(OC3CCC(C)CC3)C(C)C2)CC1. The molecule has 0 N–H and O–H groups in total. The molecule has 2 nitrogen and oxygen atoms in total. The van der Waals surface area contributed by atoms with Crippen molar-refractivity contribution in [2.24, 2.45) is 17.8 Å². The van der Waals surface area contributed by atoms with Gasteiger partial charge in [0.1, 0.15) is 0 Å². The minimum atomic E-state index is 0.486. The minimum absolute atomic E-state index is 0.486. The number of hydrogen-bond acceptors (Lipinski definition) is 2. The van der Waals surface area contributed by atoms with Crippen molar-refractivity contribution in [3.8, 4) is 0 Å². The smallest absolute Gasteiger partial charge is 0.0606 e. The summed E-state index contributed by atoms with van der Waals surface area (Å²) in [7, 11) is 0. The first-order valence-corrected chi connectivity index (χ1v) is 10.4. The van der Waals surface area contributed by atoms with Crippen molar-refractivity contribution in [3.05, 3.63) is 0 Å². The van der Waals surface area contributed by atoms with Gasteiger partial charge in [0.25, 0.3) is 0 Å². The van der Waals surface area contributed by atoms with Crippen molar-refractivity contribution in [1.29, 1.82) is 0 Å². The maximum Gasteiger partial charge on any atom is 0.0606 e. The van der Waals surface area contributed by atoms with Crippen LogP contribution in [-0.4, -0.2) is 24.4 Å². The Bertz CT molecular complexity index is 340. The molecule has 3 atom stereocenters. The van der Waals surface area contributed by atoms with Gasteiger partial charge in [-0.15, -0.1) is 0 Å². The van der Waals surface area contributed by atoms with E-state index in [9.17, 15) is 0 Å². The summed E-state index contributed by atoms with van der Waals surface area (Å²) in [5.41, 5.74) is 0. The van der Waals surface area contributed by atoms with E-state index in [1.807, 2.05) is 0 Å². The predicted octanol–water partition coefficient (Wildman–Crippen LogP) is 5.73. The van der Waals surface area contributed by atoms with Crippen LogP contribution in [0.1, 0.15) is 91.4 Å². The predicted molar refractivity (Wildman–Crippen MR) is 95.6 cm³/mol. The molecular formula is C21H38O2. The van der Waals surface area contributed by atoms with E-state index in [4.69, 9.17) is 9.47 Å². The van der Waals surface area contributed by atoms with Crippen molar-refractivity contribution in [1.82, 2.24) is 0 Å². The van der Waals surface area contributed by atoms with Crippen molar-refractivity contribution < 1.29 is 9.47 Å². The van der Waals surface area contributed by atoms with Gasteiger partial charge in [-0.1, -0.05) is 20.8 Å². The fraction of sp³-hybridized carbons (Fsp3) is 1.00. The molecule has 0 aliphatic heterocycles. The minimum Gasteiger partial charge on any atom is -0.375 e. The Balaban J connectivity index is 1.39. The zero-order chi connectivity index (χ0) is 16.2. The molecule has 3 saturated carbocycles. The van der Waals surface area contributed by atoms with E-state index in [2.05, 4.69) is 20.8 Å². The van der Waals surface area contributed by atoms with Crippen LogP contribution in [0.15, 0.2) is 0 Å². The van der Waals surface area contributed by atoms with Crippen LogP contribution in [0.5, 0.6) is 0 Å². The topological polar surface area (TPSA) is 18.5 Å². The molecule has 23 heavy (non-hydrogen) atoms. The zero-order valence-electron chi connectivity index (χ0n) is 15.6. The molecule has 0 amide bonds. The molecule has 3 aliphatic rings. The zero-order valence-corrected chi connectivity index (χ0v) is 15.6. The quantitative estimate of drug-likeness (QED) is 0.657. The maximum absolute atomic E-state index is 6.49. The van der Waals surface area contributed by atoms with Gasteiger partial charge in [-0.05, 0) is 88.4 Å². The first-order chi connectivity index (χ1) is 11.1. The van der Waals surface area contributed by atoms with Crippen LogP contribution in [0.25, 0.3) is 0 Å². The summed E-state index contributed by atoms with van der Waals surface area (Å²) < 4.78 is 12.9. The van der Waals surface area contributed by atoms with E-state index in [1.54, 1.807) is 0 Å². The highest BCUT2D eigenvalue weighted by molar-refractivity contribution is 4.82. The Morgan fingerprint density at radius 2 is 1.00 bits per heavy atom. The summed E-state index contributed by atoms with van der Waals surface area (Å²) in [6, 6.07) is 0. The van der Waals surface area contributed by atoms with Crippen LogP contribution in [0.2, 0.25) is 0 Å². The van der Waals surface area contributed by atoms with E-state index < -0.39 is 0 Å². The number of rotatable bonds is 4. The lowest BCUT2D eigenvalue weighted by Gasteiger charge is -2.39. The number of hydrogen-bond donors (Lipinski definition) is 0. The van der Waals surface area contributed by atoms with Gasteiger partial charge in [0.15, 0.2) is 0 Å². The highest BCUT2D eigenvalue weighted by Crippen LogP contribution is 2.35. The largest absolute Gasteiger partial charge is 0.375 e. The third-order valence-electron chi connectivity index (χ3n) is 6.72. The van der Waals surface area contributed by atoms with Crippen LogP contribution in [0.4, 0.5) is 0 Å². The molecule has 3 fully saturated rings. The molecule has 0 heterocycles. The summed E-state index contributed by atoms with van der Waals surface area (Å²) >= 11 is 0. The molecule has 0 spiro atoms. The van der Waals surface area contributed by atoms with E-state index >= 15 is 0 Å². The highest BCUT2D eigenvalue weighted by atomic mass is 16.5. The van der Waals surface area contributed by atoms with Crippen molar-refractivity contribution in [2.75, 3.05) is 0 Å². The van der Waals surface area contributed by atoms with Gasteiger partial charge in [0.2, 0.25) is 0 Å². The summed E-state index contributed by atoms with van der Waals surface area (Å²) in [4.78, 5) is 0. The molecule has 0 saturated heterocycles. The molecule has 3 rings (SSSR count). The Labute approximate surface area is 143 Å².